The third-order valence-corrected chi connectivity index (χ3v) is 4.96. The van der Waals surface area contributed by atoms with Gasteiger partial charge in [-0.3, -0.25) is 18.6 Å². The topological polar surface area (TPSA) is 113 Å². The first kappa shape index (κ1) is 28.0. The van der Waals surface area contributed by atoms with Crippen LogP contribution >= 0.6 is 7.82 Å². The van der Waals surface area contributed by atoms with Gasteiger partial charge in [0.1, 0.15) is 19.8 Å². The van der Waals surface area contributed by atoms with Gasteiger partial charge in [-0.2, -0.15) is 0 Å². The average Bonchev–Trinajstić information content (AvgIpc) is 2.64. The van der Waals surface area contributed by atoms with Crippen LogP contribution in [0.5, 0.6) is 0 Å². The summed E-state index contributed by atoms with van der Waals surface area (Å²) in [6, 6.07) is 0. The van der Waals surface area contributed by atoms with Gasteiger partial charge in [-0.15, -0.1) is 0 Å². The minimum absolute atomic E-state index is 0.0456. The molecule has 0 aromatic heterocycles. The number of carbonyl (C=O) groups excluding carboxylic acids is 2. The van der Waals surface area contributed by atoms with Crippen molar-refractivity contribution in [2.45, 2.75) is 71.3 Å². The maximum Gasteiger partial charge on any atom is 0.472 e. The van der Waals surface area contributed by atoms with E-state index in [4.69, 9.17) is 18.5 Å². The van der Waals surface area contributed by atoms with Gasteiger partial charge in [-0.1, -0.05) is 39.5 Å². The average molecular weight is 440 g/mol. The number of nitrogens with one attached hydrogen (secondary N) is 1. The van der Waals surface area contributed by atoms with Gasteiger partial charge in [0.25, 0.3) is 0 Å². The fraction of sp³-hybridized carbons (Fsp3) is 0.895. The number of esters is 2. The number of ether oxygens (including phenoxy) is 2. The number of phosphoric acid groups is 1. The molecular weight excluding hydrogens is 401 g/mol. The summed E-state index contributed by atoms with van der Waals surface area (Å²) in [5.41, 5.74) is 0. The fourth-order valence-corrected chi connectivity index (χ4v) is 2.99. The van der Waals surface area contributed by atoms with E-state index in [1.807, 2.05) is 27.9 Å². The lowest BCUT2D eigenvalue weighted by Gasteiger charge is -2.20. The lowest BCUT2D eigenvalue weighted by atomic mass is 10.2. The van der Waals surface area contributed by atoms with E-state index in [-0.39, 0.29) is 26.1 Å². The van der Waals surface area contributed by atoms with E-state index in [9.17, 15) is 19.0 Å². The molecule has 0 aliphatic carbocycles. The molecule has 0 heterocycles. The maximum absolute atomic E-state index is 12.0. The van der Waals surface area contributed by atoms with Gasteiger partial charge >= 0.3 is 19.8 Å². The summed E-state index contributed by atoms with van der Waals surface area (Å²) in [5, 5.41) is 0. The summed E-state index contributed by atoms with van der Waals surface area (Å²) in [6.45, 7) is 4.00. The van der Waals surface area contributed by atoms with Crippen molar-refractivity contribution in [2.75, 3.05) is 40.5 Å². The molecule has 2 unspecified atom stereocenters. The molecule has 0 saturated heterocycles. The van der Waals surface area contributed by atoms with Gasteiger partial charge < -0.3 is 19.3 Å². The summed E-state index contributed by atoms with van der Waals surface area (Å²) in [4.78, 5) is 34.6. The normalized spacial score (nSPS) is 14.4. The van der Waals surface area contributed by atoms with Crippen molar-refractivity contribution < 1.29 is 42.5 Å². The summed E-state index contributed by atoms with van der Waals surface area (Å²) >= 11 is 0. The van der Waals surface area contributed by atoms with Crippen LogP contribution in [0.15, 0.2) is 0 Å². The second-order valence-electron chi connectivity index (χ2n) is 7.26. The van der Waals surface area contributed by atoms with Crippen molar-refractivity contribution in [3.63, 3.8) is 0 Å². The molecule has 10 heteroatoms. The smallest absolute Gasteiger partial charge is 0.462 e. The second kappa shape index (κ2) is 16.8. The van der Waals surface area contributed by atoms with E-state index >= 15 is 0 Å². The summed E-state index contributed by atoms with van der Waals surface area (Å²) in [5.74, 6) is -0.859. The molecule has 0 aliphatic rings. The highest BCUT2D eigenvalue weighted by Gasteiger charge is 2.26. The SMILES string of the molecule is CCCCCC(=O)OCC(COP(=O)(O)OCC[NH+](C)C)OC(=O)CCCCC. The zero-order valence-electron chi connectivity index (χ0n) is 18.3. The highest BCUT2D eigenvalue weighted by molar-refractivity contribution is 7.47. The molecular formula is C19H39NO8P+. The second-order valence-corrected chi connectivity index (χ2v) is 8.72. The highest BCUT2D eigenvalue weighted by atomic mass is 31.2. The van der Waals surface area contributed by atoms with Gasteiger partial charge in [0.05, 0.1) is 20.7 Å². The number of quaternary nitrogens is 1. The minimum atomic E-state index is -4.29. The van der Waals surface area contributed by atoms with Crippen molar-refractivity contribution in [2.24, 2.45) is 0 Å². The lowest BCUT2D eigenvalue weighted by molar-refractivity contribution is -0.858. The van der Waals surface area contributed by atoms with Crippen LogP contribution in [0.4, 0.5) is 0 Å². The Hall–Kier alpha value is -0.990. The standard InChI is InChI=1S/C19H38NO8P/c1-5-7-9-11-18(21)25-15-17(28-19(22)12-10-8-6-2)16-27-29(23,24)26-14-13-20(3)4/h17H,5-16H2,1-4H3,(H,23,24)/p+1. The van der Waals surface area contributed by atoms with Crippen LogP contribution in [-0.4, -0.2) is 63.4 Å². The summed E-state index contributed by atoms with van der Waals surface area (Å²) < 4.78 is 32.2. The maximum atomic E-state index is 12.0. The predicted molar refractivity (Wildman–Crippen MR) is 109 cm³/mol. The van der Waals surface area contributed by atoms with Crippen LogP contribution in [0.25, 0.3) is 0 Å². The first-order valence-corrected chi connectivity index (χ1v) is 12.0. The van der Waals surface area contributed by atoms with Crippen LogP contribution in [0, 0.1) is 0 Å². The molecule has 0 rings (SSSR count). The Bertz CT molecular complexity index is 501. The zero-order chi connectivity index (χ0) is 22.1. The Balaban J connectivity index is 4.58. The number of rotatable bonds is 18. The van der Waals surface area contributed by atoms with Gasteiger partial charge in [0, 0.05) is 12.8 Å². The molecule has 0 saturated carbocycles. The van der Waals surface area contributed by atoms with E-state index in [2.05, 4.69) is 0 Å². The van der Waals surface area contributed by atoms with E-state index in [1.165, 1.54) is 0 Å². The largest absolute Gasteiger partial charge is 0.472 e. The van der Waals surface area contributed by atoms with Gasteiger partial charge in [0.15, 0.2) is 6.10 Å². The number of unbranched alkanes of at least 4 members (excludes halogenated alkanes) is 4. The summed E-state index contributed by atoms with van der Waals surface area (Å²) in [7, 11) is -0.518. The van der Waals surface area contributed by atoms with Crippen LogP contribution in [-0.2, 0) is 32.7 Å². The molecule has 0 aromatic rings. The number of hydrogen-bond acceptors (Lipinski definition) is 7. The minimum Gasteiger partial charge on any atom is -0.462 e. The van der Waals surface area contributed by atoms with Crippen LogP contribution in [0.2, 0.25) is 0 Å². The van der Waals surface area contributed by atoms with Crippen molar-refractivity contribution in [1.29, 1.82) is 0 Å². The number of carbonyl (C=O) groups is 2. The Morgan fingerprint density at radius 2 is 1.52 bits per heavy atom. The van der Waals surface area contributed by atoms with Crippen molar-refractivity contribution in [3.05, 3.63) is 0 Å². The first-order chi connectivity index (χ1) is 13.7. The molecule has 29 heavy (non-hydrogen) atoms. The molecule has 0 aliphatic heterocycles. The number of likely N-dealkylation sites (N-methyl/N-ethyl adjacent to an activating group) is 1. The number of phosphoric ester groups is 1. The van der Waals surface area contributed by atoms with Gasteiger partial charge in [-0.05, 0) is 12.8 Å². The van der Waals surface area contributed by atoms with Gasteiger partial charge in [-0.25, -0.2) is 4.57 Å². The monoisotopic (exact) mass is 440 g/mol. The zero-order valence-corrected chi connectivity index (χ0v) is 19.2. The first-order valence-electron chi connectivity index (χ1n) is 10.5. The summed E-state index contributed by atoms with van der Waals surface area (Å²) in [6.07, 6.45) is 4.73. The molecule has 0 fully saturated rings. The molecule has 2 atom stereocenters. The third kappa shape index (κ3) is 17.6. The van der Waals surface area contributed by atoms with E-state index in [0.29, 0.717) is 13.0 Å². The van der Waals surface area contributed by atoms with E-state index < -0.39 is 32.5 Å². The molecule has 0 radical (unpaired) electrons. The molecule has 2 N–H and O–H groups in total. The molecule has 0 bridgehead atoms. The molecule has 0 spiro atoms. The predicted octanol–water partition coefficient (Wildman–Crippen LogP) is 1.88. The Labute approximate surface area is 174 Å². The Morgan fingerprint density at radius 3 is 2.07 bits per heavy atom. The Kier molecular flexibility index (Phi) is 16.2. The molecule has 0 aromatic carbocycles. The molecule has 172 valence electrons. The third-order valence-electron chi connectivity index (χ3n) is 3.98. The Morgan fingerprint density at radius 1 is 0.931 bits per heavy atom. The number of hydrogen-bond donors (Lipinski definition) is 2. The van der Waals surface area contributed by atoms with E-state index in [1.54, 1.807) is 0 Å². The van der Waals surface area contributed by atoms with Crippen molar-refractivity contribution >= 4 is 19.8 Å². The van der Waals surface area contributed by atoms with Crippen LogP contribution in [0.3, 0.4) is 0 Å². The van der Waals surface area contributed by atoms with Gasteiger partial charge in [0.2, 0.25) is 0 Å². The van der Waals surface area contributed by atoms with Crippen LogP contribution < -0.4 is 4.90 Å². The quantitative estimate of drug-likeness (QED) is 0.189. The van der Waals surface area contributed by atoms with Crippen molar-refractivity contribution in [3.8, 4) is 0 Å². The van der Waals surface area contributed by atoms with Crippen LogP contribution in [0.1, 0.15) is 65.2 Å². The fourth-order valence-electron chi connectivity index (χ4n) is 2.24. The highest BCUT2D eigenvalue weighted by Crippen LogP contribution is 2.43. The van der Waals surface area contributed by atoms with Crippen molar-refractivity contribution in [1.82, 2.24) is 0 Å². The molecule has 9 nitrogen and oxygen atoms in total. The molecule has 0 amide bonds. The lowest BCUT2D eigenvalue weighted by Crippen LogP contribution is -3.06. The van der Waals surface area contributed by atoms with E-state index in [0.717, 1.165) is 37.0 Å².